The van der Waals surface area contributed by atoms with Crippen LogP contribution in [0.4, 0.5) is 8.78 Å². The Hall–Kier alpha value is -0.880. The summed E-state index contributed by atoms with van der Waals surface area (Å²) in [6.45, 7) is -0.0406. The van der Waals surface area contributed by atoms with Gasteiger partial charge in [-0.15, -0.1) is 0 Å². The molecule has 0 amide bonds. The number of aromatic nitrogens is 1. The molecule has 0 saturated carbocycles. The van der Waals surface area contributed by atoms with Gasteiger partial charge in [0.05, 0.1) is 5.69 Å². The number of carbonyl (C=O) groups excluding carboxylic acids is 1. The van der Waals surface area contributed by atoms with Gasteiger partial charge in [0.25, 0.3) is 6.43 Å². The van der Waals surface area contributed by atoms with Gasteiger partial charge in [-0.25, -0.2) is 13.8 Å². The largest absolute Gasteiger partial charge is 0.325 e. The van der Waals surface area contributed by atoms with Crippen LogP contribution in [0.3, 0.4) is 0 Å². The van der Waals surface area contributed by atoms with E-state index in [0.29, 0.717) is 6.29 Å². The Morgan fingerprint density at radius 2 is 2.29 bits per heavy atom. The first-order chi connectivity index (χ1) is 6.60. The fraction of sp³-hybridized carbons (Fsp3) is 0.250. The van der Waals surface area contributed by atoms with Crippen molar-refractivity contribution in [2.75, 3.05) is 0 Å². The van der Waals surface area contributed by atoms with Crippen LogP contribution in [0.25, 0.3) is 0 Å². The standard InChI is InChI=1S/C8H7BrF2N2O/c9-5-1-4(3-14)6(2-12)13-7(5)8(10)11/h1,3,8H,2,12H2. The first-order valence-electron chi connectivity index (χ1n) is 3.72. The Morgan fingerprint density at radius 1 is 1.64 bits per heavy atom. The monoisotopic (exact) mass is 264 g/mol. The van der Waals surface area contributed by atoms with Crippen molar-refractivity contribution in [3.63, 3.8) is 0 Å². The molecular formula is C8H7BrF2N2O. The van der Waals surface area contributed by atoms with E-state index in [1.165, 1.54) is 6.07 Å². The summed E-state index contributed by atoms with van der Waals surface area (Å²) in [7, 11) is 0. The van der Waals surface area contributed by atoms with E-state index < -0.39 is 12.1 Å². The van der Waals surface area contributed by atoms with Gasteiger partial charge in [-0.2, -0.15) is 0 Å². The lowest BCUT2D eigenvalue weighted by Crippen LogP contribution is -2.07. The van der Waals surface area contributed by atoms with E-state index in [9.17, 15) is 13.6 Å². The van der Waals surface area contributed by atoms with Gasteiger partial charge in [-0.1, -0.05) is 0 Å². The molecule has 0 aliphatic rings. The molecule has 76 valence electrons. The van der Waals surface area contributed by atoms with Crippen LogP contribution in [0.15, 0.2) is 10.5 Å². The fourth-order valence-corrected chi connectivity index (χ4v) is 1.48. The molecule has 6 heteroatoms. The second kappa shape index (κ2) is 4.56. The van der Waals surface area contributed by atoms with Crippen LogP contribution in [-0.2, 0) is 6.54 Å². The Balaban J connectivity index is 3.30. The third-order valence-corrected chi connectivity index (χ3v) is 2.28. The number of hydrogen-bond acceptors (Lipinski definition) is 3. The van der Waals surface area contributed by atoms with Crippen LogP contribution in [-0.4, -0.2) is 11.3 Å². The second-order valence-corrected chi connectivity index (χ2v) is 3.37. The van der Waals surface area contributed by atoms with Gasteiger partial charge in [0.2, 0.25) is 0 Å². The molecule has 3 nitrogen and oxygen atoms in total. The quantitative estimate of drug-likeness (QED) is 0.851. The summed E-state index contributed by atoms with van der Waals surface area (Å²) < 4.78 is 24.8. The number of rotatable bonds is 3. The normalized spacial score (nSPS) is 10.6. The number of hydrogen-bond donors (Lipinski definition) is 1. The van der Waals surface area contributed by atoms with E-state index in [-0.39, 0.29) is 22.3 Å². The highest BCUT2D eigenvalue weighted by molar-refractivity contribution is 9.10. The molecule has 0 bridgehead atoms. The fourth-order valence-electron chi connectivity index (χ4n) is 0.976. The summed E-state index contributed by atoms with van der Waals surface area (Å²) in [5.41, 5.74) is 5.28. The first kappa shape index (κ1) is 11.2. The van der Waals surface area contributed by atoms with Gasteiger partial charge in [-0.05, 0) is 22.0 Å². The van der Waals surface area contributed by atoms with Crippen LogP contribution < -0.4 is 5.73 Å². The van der Waals surface area contributed by atoms with Gasteiger partial charge in [0, 0.05) is 16.6 Å². The molecule has 1 aromatic rings. The SMILES string of the molecule is NCc1nc(C(F)F)c(Br)cc1C=O. The lowest BCUT2D eigenvalue weighted by atomic mass is 10.2. The molecule has 1 aromatic heterocycles. The van der Waals surface area contributed by atoms with Crippen LogP contribution in [0.5, 0.6) is 0 Å². The maximum absolute atomic E-state index is 12.4. The average molecular weight is 265 g/mol. The Kier molecular flexibility index (Phi) is 3.65. The van der Waals surface area contributed by atoms with Gasteiger partial charge < -0.3 is 5.73 Å². The van der Waals surface area contributed by atoms with Crippen molar-refractivity contribution >= 4 is 22.2 Å². The van der Waals surface area contributed by atoms with Gasteiger partial charge in [0.15, 0.2) is 6.29 Å². The minimum Gasteiger partial charge on any atom is -0.325 e. The highest BCUT2D eigenvalue weighted by Gasteiger charge is 2.16. The zero-order valence-electron chi connectivity index (χ0n) is 7.01. The number of nitrogens with zero attached hydrogens (tertiary/aromatic N) is 1. The molecule has 1 rings (SSSR count). The number of pyridine rings is 1. The first-order valence-corrected chi connectivity index (χ1v) is 4.52. The maximum Gasteiger partial charge on any atom is 0.281 e. The number of halogens is 3. The minimum absolute atomic E-state index is 0.0406. The van der Waals surface area contributed by atoms with Crippen molar-refractivity contribution in [2.45, 2.75) is 13.0 Å². The summed E-state index contributed by atoms with van der Waals surface area (Å²) in [6.07, 6.45) is -2.15. The molecule has 0 saturated heterocycles. The number of aldehydes is 1. The Bertz CT molecular complexity index is 357. The summed E-state index contributed by atoms with van der Waals surface area (Å²) >= 11 is 2.91. The summed E-state index contributed by atoms with van der Waals surface area (Å²) in [6, 6.07) is 1.30. The van der Waals surface area contributed by atoms with Crippen LogP contribution in [0, 0.1) is 0 Å². The molecule has 1 heterocycles. The summed E-state index contributed by atoms with van der Waals surface area (Å²) in [5, 5.41) is 0. The predicted octanol–water partition coefficient (Wildman–Crippen LogP) is 2.05. The van der Waals surface area contributed by atoms with E-state index >= 15 is 0 Å². The smallest absolute Gasteiger partial charge is 0.281 e. The lowest BCUT2D eigenvalue weighted by Gasteiger charge is -2.06. The molecule has 0 spiro atoms. The highest BCUT2D eigenvalue weighted by Crippen LogP contribution is 2.26. The number of alkyl halides is 2. The zero-order valence-corrected chi connectivity index (χ0v) is 8.59. The molecule has 0 aromatic carbocycles. The van der Waals surface area contributed by atoms with Gasteiger partial charge >= 0.3 is 0 Å². The Labute approximate surface area is 87.4 Å². The molecule has 0 aliphatic heterocycles. The molecule has 2 N–H and O–H groups in total. The van der Waals surface area contributed by atoms with E-state index in [4.69, 9.17) is 5.73 Å². The van der Waals surface area contributed by atoms with E-state index in [0.717, 1.165) is 0 Å². The third kappa shape index (κ3) is 2.13. The summed E-state index contributed by atoms with van der Waals surface area (Å²) in [4.78, 5) is 14.1. The molecule has 0 fully saturated rings. The molecule has 14 heavy (non-hydrogen) atoms. The van der Waals surface area contributed by atoms with Crippen LogP contribution in [0.1, 0.15) is 28.2 Å². The van der Waals surface area contributed by atoms with Gasteiger partial charge in [0.1, 0.15) is 5.69 Å². The third-order valence-electron chi connectivity index (χ3n) is 1.64. The summed E-state index contributed by atoms with van der Waals surface area (Å²) in [5.74, 6) is 0. The second-order valence-electron chi connectivity index (χ2n) is 2.51. The van der Waals surface area contributed by atoms with Crippen LogP contribution in [0.2, 0.25) is 0 Å². The van der Waals surface area contributed by atoms with Crippen molar-refractivity contribution in [2.24, 2.45) is 5.73 Å². The zero-order chi connectivity index (χ0) is 10.7. The highest BCUT2D eigenvalue weighted by atomic mass is 79.9. The molecule has 0 aliphatic carbocycles. The van der Waals surface area contributed by atoms with Crippen molar-refractivity contribution in [3.05, 3.63) is 27.5 Å². The van der Waals surface area contributed by atoms with Gasteiger partial charge in [-0.3, -0.25) is 4.79 Å². The molecule has 0 unspecified atom stereocenters. The van der Waals surface area contributed by atoms with Crippen molar-refractivity contribution in [1.29, 1.82) is 0 Å². The minimum atomic E-state index is -2.68. The predicted molar refractivity (Wildman–Crippen MR) is 50.2 cm³/mol. The van der Waals surface area contributed by atoms with E-state index in [2.05, 4.69) is 20.9 Å². The van der Waals surface area contributed by atoms with Crippen LogP contribution >= 0.6 is 15.9 Å². The molecular weight excluding hydrogens is 258 g/mol. The molecule has 0 radical (unpaired) electrons. The van der Waals surface area contributed by atoms with Crippen molar-refractivity contribution in [1.82, 2.24) is 4.98 Å². The lowest BCUT2D eigenvalue weighted by molar-refractivity contribution is 0.112. The molecule has 0 atom stereocenters. The van der Waals surface area contributed by atoms with Crippen molar-refractivity contribution < 1.29 is 13.6 Å². The van der Waals surface area contributed by atoms with Crippen molar-refractivity contribution in [3.8, 4) is 0 Å². The Morgan fingerprint density at radius 3 is 2.71 bits per heavy atom. The topological polar surface area (TPSA) is 56.0 Å². The average Bonchev–Trinajstić information content (AvgIpc) is 2.16. The van der Waals surface area contributed by atoms with E-state index in [1.54, 1.807) is 0 Å². The maximum atomic E-state index is 12.4. The number of carbonyl (C=O) groups is 1. The number of nitrogens with two attached hydrogens (primary N) is 1. The van der Waals surface area contributed by atoms with E-state index in [1.807, 2.05) is 0 Å².